The first-order chi connectivity index (χ1) is 9.66. The lowest BCUT2D eigenvalue weighted by Gasteiger charge is -2.27. The van der Waals surface area contributed by atoms with Gasteiger partial charge in [-0.15, -0.1) is 0 Å². The van der Waals surface area contributed by atoms with E-state index in [0.29, 0.717) is 5.56 Å². The monoisotopic (exact) mass is 345 g/mol. The van der Waals surface area contributed by atoms with Gasteiger partial charge in [-0.2, -0.15) is 17.6 Å². The van der Waals surface area contributed by atoms with Crippen LogP contribution in [0.3, 0.4) is 0 Å². The zero-order valence-corrected chi connectivity index (χ0v) is 11.7. The molecule has 0 saturated carbocycles. The molecule has 1 heterocycles. The van der Waals surface area contributed by atoms with Crippen molar-refractivity contribution in [2.45, 2.75) is 16.7 Å². The quantitative estimate of drug-likeness (QED) is 0.621. The third kappa shape index (κ3) is 2.84. The molecule has 21 heavy (non-hydrogen) atoms. The summed E-state index contributed by atoms with van der Waals surface area (Å²) >= 11 is 4.28. The highest BCUT2D eigenvalue weighted by molar-refractivity contribution is 7.84. The summed E-state index contributed by atoms with van der Waals surface area (Å²) in [5.41, 5.74) is 0.324. The highest BCUT2D eigenvalue weighted by Gasteiger charge is 2.64. The zero-order chi connectivity index (χ0) is 15.8. The molecule has 0 unspecified atom stereocenters. The summed E-state index contributed by atoms with van der Waals surface area (Å²) in [6, 6.07) is 6.50. The number of rotatable bonds is 4. The molecular formula is C11H8ClF4NO3S. The number of benzene rings is 1. The second-order valence-electron chi connectivity index (χ2n) is 4.09. The van der Waals surface area contributed by atoms with E-state index in [9.17, 15) is 26.6 Å². The molecule has 1 fully saturated rings. The molecule has 0 N–H and O–H groups in total. The topological polar surface area (TPSA) is 46.6 Å². The molecule has 0 aromatic heterocycles. The van der Waals surface area contributed by atoms with Crippen LogP contribution in [0.15, 0.2) is 30.3 Å². The maximum absolute atomic E-state index is 13.4. The summed E-state index contributed by atoms with van der Waals surface area (Å²) in [6.07, 6.45) is -1.37. The highest BCUT2D eigenvalue weighted by Crippen LogP contribution is 2.44. The molecule has 10 heteroatoms. The molecule has 4 nitrogen and oxygen atoms in total. The Morgan fingerprint density at radius 1 is 1.24 bits per heavy atom. The largest absolute Gasteiger partial charge is 0.446 e. The number of amides is 1. The number of hydrogen-bond donors (Lipinski definition) is 0. The number of carbonyl (C=O) groups is 1. The molecule has 1 aliphatic heterocycles. The number of carbonyl (C=O) groups excluding carboxylic acids is 1. The van der Waals surface area contributed by atoms with Crippen molar-refractivity contribution >= 4 is 28.7 Å². The van der Waals surface area contributed by atoms with Crippen molar-refractivity contribution in [1.29, 1.82) is 0 Å². The molecular weight excluding hydrogens is 338 g/mol. The molecule has 0 radical (unpaired) electrons. The molecule has 1 aromatic rings. The summed E-state index contributed by atoms with van der Waals surface area (Å²) in [6.45, 7) is -0.376. The van der Waals surface area contributed by atoms with E-state index >= 15 is 0 Å². The van der Waals surface area contributed by atoms with Crippen LogP contribution in [-0.4, -0.2) is 31.9 Å². The molecule has 0 bridgehead atoms. The Kier molecular flexibility index (Phi) is 4.16. The van der Waals surface area contributed by atoms with Crippen LogP contribution in [0.2, 0.25) is 0 Å². The van der Waals surface area contributed by atoms with Crippen LogP contribution in [0.4, 0.5) is 22.4 Å². The molecule has 2 rings (SSSR count). The second kappa shape index (κ2) is 5.45. The van der Waals surface area contributed by atoms with E-state index in [4.69, 9.17) is 0 Å². The third-order valence-corrected chi connectivity index (χ3v) is 4.55. The van der Waals surface area contributed by atoms with Crippen LogP contribution in [-0.2, 0) is 15.7 Å². The van der Waals surface area contributed by atoms with Crippen LogP contribution in [0.5, 0.6) is 0 Å². The maximum Gasteiger partial charge on any atom is 0.422 e. The minimum absolute atomic E-state index is 0.0750. The minimum Gasteiger partial charge on any atom is -0.446 e. The summed E-state index contributed by atoms with van der Waals surface area (Å²) in [4.78, 5) is 11.5. The Morgan fingerprint density at radius 2 is 1.81 bits per heavy atom. The van der Waals surface area contributed by atoms with Gasteiger partial charge < -0.3 is 4.74 Å². The van der Waals surface area contributed by atoms with Crippen LogP contribution >= 0.6 is 11.6 Å². The summed E-state index contributed by atoms with van der Waals surface area (Å²) < 4.78 is 68.6. The van der Waals surface area contributed by atoms with E-state index in [1.807, 2.05) is 0 Å². The summed E-state index contributed by atoms with van der Waals surface area (Å²) in [7, 11) is -3.69. The first kappa shape index (κ1) is 16.0. The predicted molar refractivity (Wildman–Crippen MR) is 66.3 cm³/mol. The Hall–Kier alpha value is -1.35. The van der Waals surface area contributed by atoms with Crippen LogP contribution in [0.1, 0.15) is 11.6 Å². The number of hydrogen-bond acceptors (Lipinski definition) is 3. The predicted octanol–water partition coefficient (Wildman–Crippen LogP) is 3.27. The van der Waals surface area contributed by atoms with E-state index in [0.717, 1.165) is 0 Å². The lowest BCUT2D eigenvalue weighted by molar-refractivity contribution is -0.0954. The fourth-order valence-corrected chi connectivity index (χ4v) is 2.97. The van der Waals surface area contributed by atoms with Crippen molar-refractivity contribution in [2.75, 3.05) is 6.61 Å². The van der Waals surface area contributed by atoms with Gasteiger partial charge in [0.05, 0.1) is 0 Å². The SMILES string of the molecule is O=C1OC[C@@H](c2ccccc2)N1[S@@](=O)C(F)(F)C(F)(F)Cl. The average Bonchev–Trinajstić information content (AvgIpc) is 2.79. The normalized spacial score (nSPS) is 21.3. The molecule has 2 atom stereocenters. The molecule has 1 aromatic carbocycles. The maximum atomic E-state index is 13.4. The average molecular weight is 346 g/mol. The summed E-state index contributed by atoms with van der Waals surface area (Å²) in [5, 5.41) is -10.2. The van der Waals surface area contributed by atoms with Crippen molar-refractivity contribution in [2.24, 2.45) is 0 Å². The van der Waals surface area contributed by atoms with Gasteiger partial charge in [-0.3, -0.25) is 0 Å². The van der Waals surface area contributed by atoms with Crippen LogP contribution in [0, 0.1) is 0 Å². The van der Waals surface area contributed by atoms with E-state index in [1.165, 1.54) is 12.1 Å². The molecule has 1 saturated heterocycles. The number of halogens is 5. The van der Waals surface area contributed by atoms with E-state index in [2.05, 4.69) is 16.3 Å². The van der Waals surface area contributed by atoms with Gasteiger partial charge in [0.2, 0.25) is 11.0 Å². The van der Waals surface area contributed by atoms with Crippen molar-refractivity contribution in [3.63, 3.8) is 0 Å². The third-order valence-electron chi connectivity index (χ3n) is 2.74. The second-order valence-corrected chi connectivity index (χ2v) is 5.97. The molecule has 1 aliphatic rings. The first-order valence-electron chi connectivity index (χ1n) is 5.53. The van der Waals surface area contributed by atoms with Gasteiger partial charge >= 0.3 is 16.7 Å². The Labute approximate surface area is 124 Å². The van der Waals surface area contributed by atoms with Gasteiger partial charge in [0.25, 0.3) is 0 Å². The Balaban J connectivity index is 2.36. The van der Waals surface area contributed by atoms with Crippen molar-refractivity contribution in [1.82, 2.24) is 4.31 Å². The summed E-state index contributed by atoms with van der Waals surface area (Å²) in [5.74, 6) is 0. The molecule has 0 aliphatic carbocycles. The highest BCUT2D eigenvalue weighted by atomic mass is 35.5. The lowest BCUT2D eigenvalue weighted by atomic mass is 10.1. The standard InChI is InChI=1S/C11H8ClF4NO3S/c12-10(13,14)11(15,16)21(19)17-8(6-20-9(17)18)7-4-2-1-3-5-7/h1-5,8H,6H2/t8-,21-/m0/s1. The zero-order valence-electron chi connectivity index (χ0n) is 10.1. The van der Waals surface area contributed by atoms with Crippen molar-refractivity contribution in [3.05, 3.63) is 35.9 Å². The fraction of sp³-hybridized carbons (Fsp3) is 0.364. The molecule has 1 amide bonds. The van der Waals surface area contributed by atoms with Gasteiger partial charge in [0, 0.05) is 0 Å². The number of ether oxygens (including phenoxy) is 1. The number of alkyl halides is 5. The van der Waals surface area contributed by atoms with Crippen molar-refractivity contribution < 1.29 is 31.3 Å². The first-order valence-corrected chi connectivity index (χ1v) is 7.02. The Morgan fingerprint density at radius 3 is 2.33 bits per heavy atom. The number of cyclic esters (lactones) is 1. The fourth-order valence-electron chi connectivity index (χ4n) is 1.72. The Bertz CT molecular complexity index is 566. The smallest absolute Gasteiger partial charge is 0.422 e. The van der Waals surface area contributed by atoms with Gasteiger partial charge in [0.15, 0.2) is 0 Å². The van der Waals surface area contributed by atoms with Gasteiger partial charge in [0.1, 0.15) is 12.6 Å². The number of nitrogens with zero attached hydrogens (tertiary/aromatic N) is 1. The minimum atomic E-state index is -5.12. The van der Waals surface area contributed by atoms with Gasteiger partial charge in [-0.05, 0) is 17.2 Å². The lowest BCUT2D eigenvalue weighted by Crippen LogP contribution is -2.47. The van der Waals surface area contributed by atoms with Gasteiger partial charge in [-0.1, -0.05) is 30.3 Å². The van der Waals surface area contributed by atoms with E-state index in [-0.39, 0.29) is 10.9 Å². The molecule has 116 valence electrons. The van der Waals surface area contributed by atoms with Crippen molar-refractivity contribution in [3.8, 4) is 0 Å². The van der Waals surface area contributed by atoms with Gasteiger partial charge in [-0.25, -0.2) is 13.3 Å². The molecule has 0 spiro atoms. The van der Waals surface area contributed by atoms with E-state index in [1.54, 1.807) is 18.2 Å². The van der Waals surface area contributed by atoms with Crippen LogP contribution in [0.25, 0.3) is 0 Å². The van der Waals surface area contributed by atoms with Crippen LogP contribution < -0.4 is 0 Å². The van der Waals surface area contributed by atoms with E-state index < -0.39 is 33.8 Å².